The average molecular weight is 266 g/mol. The van der Waals surface area contributed by atoms with Crippen LogP contribution in [0.1, 0.15) is 27.2 Å². The van der Waals surface area contributed by atoms with Crippen LogP contribution in [-0.2, 0) is 9.53 Å². The maximum atomic E-state index is 11.6. The van der Waals surface area contributed by atoms with Crippen LogP contribution in [0, 0.1) is 0 Å². The van der Waals surface area contributed by atoms with Crippen molar-refractivity contribution in [3.8, 4) is 5.75 Å². The van der Waals surface area contributed by atoms with Crippen LogP contribution in [-0.4, -0.2) is 37.3 Å². The fourth-order valence-electron chi connectivity index (χ4n) is 1.64. The minimum absolute atomic E-state index is 0.184. The predicted molar refractivity (Wildman–Crippen MR) is 74.5 cm³/mol. The van der Waals surface area contributed by atoms with Crippen LogP contribution in [0.5, 0.6) is 5.75 Å². The predicted octanol–water partition coefficient (Wildman–Crippen LogP) is 2.26. The molecule has 0 bridgehead atoms. The van der Waals surface area contributed by atoms with Crippen LogP contribution in [0.3, 0.4) is 0 Å². The number of hydrogen-bond donors (Lipinski definition) is 0. The SMILES string of the molecule is CCCOc1cccnc1N(CC)CC(=O)OCC. The highest BCUT2D eigenvalue weighted by Crippen LogP contribution is 2.25. The fraction of sp³-hybridized carbons (Fsp3) is 0.571. The average Bonchev–Trinajstić information content (AvgIpc) is 2.43. The Morgan fingerprint density at radius 2 is 2.16 bits per heavy atom. The second-order valence-electron chi connectivity index (χ2n) is 3.99. The van der Waals surface area contributed by atoms with Gasteiger partial charge in [0.1, 0.15) is 6.54 Å². The second kappa shape index (κ2) is 8.34. The summed E-state index contributed by atoms with van der Waals surface area (Å²) < 4.78 is 10.6. The first-order valence-corrected chi connectivity index (χ1v) is 6.71. The van der Waals surface area contributed by atoms with E-state index in [4.69, 9.17) is 9.47 Å². The molecule has 0 aliphatic carbocycles. The summed E-state index contributed by atoms with van der Waals surface area (Å²) in [4.78, 5) is 17.7. The van der Waals surface area contributed by atoms with Gasteiger partial charge in [-0.05, 0) is 32.4 Å². The van der Waals surface area contributed by atoms with Gasteiger partial charge in [0.15, 0.2) is 11.6 Å². The van der Waals surface area contributed by atoms with E-state index in [1.807, 2.05) is 30.9 Å². The highest BCUT2D eigenvalue weighted by atomic mass is 16.5. The third-order valence-corrected chi connectivity index (χ3v) is 2.52. The molecule has 0 aliphatic rings. The number of pyridine rings is 1. The Morgan fingerprint density at radius 3 is 2.79 bits per heavy atom. The molecule has 5 nitrogen and oxygen atoms in total. The van der Waals surface area contributed by atoms with Gasteiger partial charge in [-0.25, -0.2) is 4.98 Å². The molecule has 106 valence electrons. The van der Waals surface area contributed by atoms with Gasteiger partial charge in [0.2, 0.25) is 0 Å². The quantitative estimate of drug-likeness (QED) is 0.675. The number of ether oxygens (including phenoxy) is 2. The first-order chi connectivity index (χ1) is 9.22. The molecule has 0 aromatic carbocycles. The normalized spacial score (nSPS) is 10.1. The van der Waals surface area contributed by atoms with E-state index >= 15 is 0 Å². The minimum atomic E-state index is -0.253. The number of aromatic nitrogens is 1. The molecular formula is C14H22N2O3. The van der Waals surface area contributed by atoms with Gasteiger partial charge in [0, 0.05) is 12.7 Å². The van der Waals surface area contributed by atoms with Crippen LogP contribution in [0.15, 0.2) is 18.3 Å². The Labute approximate surface area is 114 Å². The monoisotopic (exact) mass is 266 g/mol. The van der Waals surface area contributed by atoms with Gasteiger partial charge in [0.25, 0.3) is 0 Å². The second-order valence-corrected chi connectivity index (χ2v) is 3.99. The maximum Gasteiger partial charge on any atom is 0.325 e. The number of anilines is 1. The number of carbonyl (C=O) groups is 1. The lowest BCUT2D eigenvalue weighted by molar-refractivity contribution is -0.141. The van der Waals surface area contributed by atoms with E-state index in [1.165, 1.54) is 0 Å². The van der Waals surface area contributed by atoms with E-state index in [9.17, 15) is 4.79 Å². The van der Waals surface area contributed by atoms with Crippen molar-refractivity contribution in [1.29, 1.82) is 0 Å². The van der Waals surface area contributed by atoms with Crippen molar-refractivity contribution in [2.75, 3.05) is 31.2 Å². The van der Waals surface area contributed by atoms with Crippen LogP contribution in [0.2, 0.25) is 0 Å². The Bertz CT molecular complexity index is 396. The molecule has 0 saturated carbocycles. The summed E-state index contributed by atoms with van der Waals surface area (Å²) in [7, 11) is 0. The van der Waals surface area contributed by atoms with Crippen molar-refractivity contribution in [3.63, 3.8) is 0 Å². The number of esters is 1. The molecule has 1 aromatic rings. The van der Waals surface area contributed by atoms with Crippen molar-refractivity contribution in [2.45, 2.75) is 27.2 Å². The third kappa shape index (κ3) is 4.77. The summed E-state index contributed by atoms with van der Waals surface area (Å²) in [6.07, 6.45) is 2.63. The van der Waals surface area contributed by atoms with Crippen molar-refractivity contribution >= 4 is 11.8 Å². The Kier molecular flexibility index (Phi) is 6.71. The molecule has 1 rings (SSSR count). The number of hydrogen-bond acceptors (Lipinski definition) is 5. The molecular weight excluding hydrogens is 244 g/mol. The van der Waals surface area contributed by atoms with Gasteiger partial charge in [-0.3, -0.25) is 4.79 Å². The molecule has 0 radical (unpaired) electrons. The molecule has 0 amide bonds. The zero-order valence-corrected chi connectivity index (χ0v) is 11.9. The molecule has 0 atom stereocenters. The summed E-state index contributed by atoms with van der Waals surface area (Å²) >= 11 is 0. The summed E-state index contributed by atoms with van der Waals surface area (Å²) in [6.45, 7) is 7.68. The Morgan fingerprint density at radius 1 is 1.37 bits per heavy atom. The molecule has 0 spiro atoms. The highest BCUT2D eigenvalue weighted by molar-refractivity contribution is 5.76. The smallest absolute Gasteiger partial charge is 0.325 e. The Balaban J connectivity index is 2.81. The largest absolute Gasteiger partial charge is 0.490 e. The number of carbonyl (C=O) groups excluding carboxylic acids is 1. The Hall–Kier alpha value is -1.78. The van der Waals surface area contributed by atoms with Crippen molar-refractivity contribution < 1.29 is 14.3 Å². The molecule has 5 heteroatoms. The lowest BCUT2D eigenvalue weighted by atomic mass is 10.3. The highest BCUT2D eigenvalue weighted by Gasteiger charge is 2.16. The van der Waals surface area contributed by atoms with Crippen molar-refractivity contribution in [3.05, 3.63) is 18.3 Å². The molecule has 1 aromatic heterocycles. The maximum absolute atomic E-state index is 11.6. The molecule has 1 heterocycles. The standard InChI is InChI=1S/C14H22N2O3/c1-4-10-19-12-8-7-9-15-14(12)16(5-2)11-13(17)18-6-3/h7-9H,4-6,10-11H2,1-3H3. The lowest BCUT2D eigenvalue weighted by Gasteiger charge is -2.23. The van der Waals surface area contributed by atoms with Gasteiger partial charge in [-0.2, -0.15) is 0 Å². The van der Waals surface area contributed by atoms with E-state index in [2.05, 4.69) is 4.98 Å². The molecule has 0 fully saturated rings. The zero-order valence-electron chi connectivity index (χ0n) is 11.9. The number of rotatable bonds is 8. The van der Waals surface area contributed by atoms with E-state index in [0.717, 1.165) is 6.42 Å². The van der Waals surface area contributed by atoms with Gasteiger partial charge >= 0.3 is 5.97 Å². The van der Waals surface area contributed by atoms with E-state index < -0.39 is 0 Å². The molecule has 19 heavy (non-hydrogen) atoms. The van der Waals surface area contributed by atoms with Crippen LogP contribution in [0.4, 0.5) is 5.82 Å². The summed E-state index contributed by atoms with van der Waals surface area (Å²) in [6, 6.07) is 3.69. The van der Waals surface area contributed by atoms with Gasteiger partial charge in [0.05, 0.1) is 13.2 Å². The van der Waals surface area contributed by atoms with Crippen molar-refractivity contribution in [2.24, 2.45) is 0 Å². The molecule has 0 unspecified atom stereocenters. The van der Waals surface area contributed by atoms with Crippen LogP contribution in [0.25, 0.3) is 0 Å². The molecule has 0 saturated heterocycles. The molecule has 0 N–H and O–H groups in total. The van der Waals surface area contributed by atoms with Gasteiger partial charge < -0.3 is 14.4 Å². The summed E-state index contributed by atoms with van der Waals surface area (Å²) in [5.41, 5.74) is 0. The van der Waals surface area contributed by atoms with Gasteiger partial charge in [-0.15, -0.1) is 0 Å². The lowest BCUT2D eigenvalue weighted by Crippen LogP contribution is -2.31. The van der Waals surface area contributed by atoms with E-state index in [1.54, 1.807) is 13.1 Å². The molecule has 0 aliphatic heterocycles. The van der Waals surface area contributed by atoms with Gasteiger partial charge in [-0.1, -0.05) is 6.92 Å². The first kappa shape index (κ1) is 15.3. The summed E-state index contributed by atoms with van der Waals surface area (Å²) in [5, 5.41) is 0. The van der Waals surface area contributed by atoms with Crippen LogP contribution < -0.4 is 9.64 Å². The van der Waals surface area contributed by atoms with Crippen LogP contribution >= 0.6 is 0 Å². The topological polar surface area (TPSA) is 51.7 Å². The summed E-state index contributed by atoms with van der Waals surface area (Å²) in [5.74, 6) is 1.14. The van der Waals surface area contributed by atoms with Crippen molar-refractivity contribution in [1.82, 2.24) is 4.98 Å². The third-order valence-electron chi connectivity index (χ3n) is 2.52. The number of nitrogens with zero attached hydrogens (tertiary/aromatic N) is 2. The zero-order chi connectivity index (χ0) is 14.1. The first-order valence-electron chi connectivity index (χ1n) is 6.71. The fourth-order valence-corrected chi connectivity index (χ4v) is 1.64. The number of likely N-dealkylation sites (N-methyl/N-ethyl adjacent to an activating group) is 1. The minimum Gasteiger partial charge on any atom is -0.490 e. The van der Waals surface area contributed by atoms with E-state index in [-0.39, 0.29) is 12.5 Å². The van der Waals surface area contributed by atoms with E-state index in [0.29, 0.717) is 31.3 Å².